The monoisotopic (exact) mass is 335 g/mol. The van der Waals surface area contributed by atoms with E-state index in [0.717, 1.165) is 16.5 Å². The van der Waals surface area contributed by atoms with E-state index in [0.29, 0.717) is 22.4 Å². The van der Waals surface area contributed by atoms with Crippen LogP contribution in [0.4, 0.5) is 0 Å². The maximum atomic E-state index is 12.5. The molecule has 0 amide bonds. The molecule has 6 heteroatoms. The van der Waals surface area contributed by atoms with Crippen LogP contribution in [0.25, 0.3) is 11.0 Å². The minimum absolute atomic E-state index is 0.0757. The minimum atomic E-state index is -0.478. The van der Waals surface area contributed by atoms with Gasteiger partial charge in [-0.2, -0.15) is 10.4 Å². The summed E-state index contributed by atoms with van der Waals surface area (Å²) >= 11 is 0. The summed E-state index contributed by atoms with van der Waals surface area (Å²) in [6, 6.07) is 7.12. The standard InChI is InChI=1S/C19H17N3O3/c1-10-5-6-15-14(7-17(23)25-18(15)11(10)2)9-22-19(24)16(8-20)12(3)13(4)21-22/h5-7H,9H2,1-4H3. The molecule has 0 aliphatic heterocycles. The smallest absolute Gasteiger partial charge is 0.336 e. The molecule has 0 saturated heterocycles. The average molecular weight is 335 g/mol. The molecule has 0 spiro atoms. The lowest BCUT2D eigenvalue weighted by Crippen LogP contribution is -2.28. The summed E-state index contributed by atoms with van der Waals surface area (Å²) in [5.41, 5.74) is 3.37. The second kappa shape index (κ2) is 6.02. The van der Waals surface area contributed by atoms with E-state index in [1.54, 1.807) is 13.8 Å². The summed E-state index contributed by atoms with van der Waals surface area (Å²) in [7, 11) is 0. The van der Waals surface area contributed by atoms with E-state index in [2.05, 4.69) is 5.10 Å². The summed E-state index contributed by atoms with van der Waals surface area (Å²) in [6.07, 6.45) is 0. The lowest BCUT2D eigenvalue weighted by Gasteiger charge is -2.12. The lowest BCUT2D eigenvalue weighted by atomic mass is 10.0. The number of benzene rings is 1. The summed E-state index contributed by atoms with van der Waals surface area (Å²) in [5, 5.41) is 14.3. The van der Waals surface area contributed by atoms with Crippen LogP contribution >= 0.6 is 0 Å². The molecule has 1 aromatic carbocycles. The zero-order valence-electron chi connectivity index (χ0n) is 14.5. The first-order valence-corrected chi connectivity index (χ1v) is 7.85. The van der Waals surface area contributed by atoms with E-state index in [-0.39, 0.29) is 12.1 Å². The number of fused-ring (bicyclic) bond motifs is 1. The Kier molecular flexibility index (Phi) is 4.01. The number of aromatic nitrogens is 2. The van der Waals surface area contributed by atoms with Crippen molar-refractivity contribution in [3.05, 3.63) is 72.5 Å². The molecule has 2 aromatic heterocycles. The van der Waals surface area contributed by atoms with Crippen LogP contribution in [0.15, 0.2) is 32.2 Å². The first kappa shape index (κ1) is 16.7. The van der Waals surface area contributed by atoms with Crippen molar-refractivity contribution < 1.29 is 4.42 Å². The molecule has 0 aliphatic rings. The minimum Gasteiger partial charge on any atom is -0.422 e. The van der Waals surface area contributed by atoms with Gasteiger partial charge in [-0.25, -0.2) is 9.48 Å². The molecule has 3 rings (SSSR count). The van der Waals surface area contributed by atoms with Gasteiger partial charge in [-0.3, -0.25) is 4.79 Å². The van der Waals surface area contributed by atoms with Crippen molar-refractivity contribution in [2.75, 3.05) is 0 Å². The van der Waals surface area contributed by atoms with Gasteiger partial charge in [0.2, 0.25) is 0 Å². The molecule has 0 radical (unpaired) electrons. The molecular weight excluding hydrogens is 318 g/mol. The van der Waals surface area contributed by atoms with Gasteiger partial charge in [-0.1, -0.05) is 12.1 Å². The molecule has 0 saturated carbocycles. The van der Waals surface area contributed by atoms with Gasteiger partial charge in [0.25, 0.3) is 5.56 Å². The molecule has 0 N–H and O–H groups in total. The number of nitrogens with zero attached hydrogens (tertiary/aromatic N) is 3. The quantitative estimate of drug-likeness (QED) is 0.671. The normalized spacial score (nSPS) is 10.8. The third-order valence-corrected chi connectivity index (χ3v) is 4.59. The van der Waals surface area contributed by atoms with Crippen LogP contribution in [0.2, 0.25) is 0 Å². The van der Waals surface area contributed by atoms with Gasteiger partial charge in [-0.05, 0) is 49.9 Å². The van der Waals surface area contributed by atoms with Crippen LogP contribution < -0.4 is 11.2 Å². The Morgan fingerprint density at radius 2 is 1.88 bits per heavy atom. The molecule has 3 aromatic rings. The van der Waals surface area contributed by atoms with Gasteiger partial charge in [0, 0.05) is 11.5 Å². The predicted molar refractivity (Wildman–Crippen MR) is 93.7 cm³/mol. The zero-order chi connectivity index (χ0) is 18.3. The second-order valence-corrected chi connectivity index (χ2v) is 6.13. The fraction of sp³-hybridized carbons (Fsp3) is 0.263. The molecule has 25 heavy (non-hydrogen) atoms. The van der Waals surface area contributed by atoms with Crippen molar-refractivity contribution in [1.29, 1.82) is 5.26 Å². The Morgan fingerprint density at radius 1 is 1.16 bits per heavy atom. The molecule has 6 nitrogen and oxygen atoms in total. The van der Waals surface area contributed by atoms with Gasteiger partial charge in [0.15, 0.2) is 0 Å². The third-order valence-electron chi connectivity index (χ3n) is 4.59. The molecule has 0 fully saturated rings. The van der Waals surface area contributed by atoms with E-state index in [1.807, 2.05) is 32.0 Å². The Bertz CT molecular complexity index is 1160. The van der Waals surface area contributed by atoms with Crippen molar-refractivity contribution in [2.24, 2.45) is 0 Å². The maximum Gasteiger partial charge on any atom is 0.336 e. The fourth-order valence-corrected chi connectivity index (χ4v) is 2.83. The summed E-state index contributed by atoms with van der Waals surface area (Å²) < 4.78 is 6.58. The number of hydrogen-bond acceptors (Lipinski definition) is 5. The average Bonchev–Trinajstić information content (AvgIpc) is 2.57. The van der Waals surface area contributed by atoms with Gasteiger partial charge >= 0.3 is 5.63 Å². The van der Waals surface area contributed by atoms with Gasteiger partial charge in [-0.15, -0.1) is 0 Å². The Balaban J connectivity index is 2.26. The summed E-state index contributed by atoms with van der Waals surface area (Å²) in [6.45, 7) is 7.37. The van der Waals surface area contributed by atoms with Crippen LogP contribution in [-0.2, 0) is 6.54 Å². The first-order valence-electron chi connectivity index (χ1n) is 7.85. The highest BCUT2D eigenvalue weighted by atomic mass is 16.4. The molecule has 0 bridgehead atoms. The summed E-state index contributed by atoms with van der Waals surface area (Å²) in [5.74, 6) is 0. The van der Waals surface area contributed by atoms with E-state index < -0.39 is 11.2 Å². The molecule has 0 atom stereocenters. The van der Waals surface area contributed by atoms with Crippen molar-refractivity contribution in [3.8, 4) is 6.07 Å². The van der Waals surface area contributed by atoms with Crippen molar-refractivity contribution in [1.82, 2.24) is 9.78 Å². The number of aryl methyl sites for hydroxylation is 3. The van der Waals surface area contributed by atoms with Crippen LogP contribution in [0, 0.1) is 39.0 Å². The summed E-state index contributed by atoms with van der Waals surface area (Å²) in [4.78, 5) is 24.5. The van der Waals surface area contributed by atoms with Crippen LogP contribution in [0.5, 0.6) is 0 Å². The fourth-order valence-electron chi connectivity index (χ4n) is 2.83. The number of rotatable bonds is 2. The molecule has 0 unspecified atom stereocenters. The second-order valence-electron chi connectivity index (χ2n) is 6.13. The van der Waals surface area contributed by atoms with Crippen molar-refractivity contribution in [3.63, 3.8) is 0 Å². The molecule has 0 aliphatic carbocycles. The largest absolute Gasteiger partial charge is 0.422 e. The molecule has 2 heterocycles. The Morgan fingerprint density at radius 3 is 2.56 bits per heavy atom. The van der Waals surface area contributed by atoms with E-state index in [1.165, 1.54) is 10.7 Å². The van der Waals surface area contributed by atoms with Gasteiger partial charge < -0.3 is 4.42 Å². The first-order chi connectivity index (χ1) is 11.8. The lowest BCUT2D eigenvalue weighted by molar-refractivity contribution is 0.551. The van der Waals surface area contributed by atoms with Crippen molar-refractivity contribution >= 4 is 11.0 Å². The third kappa shape index (κ3) is 2.74. The van der Waals surface area contributed by atoms with E-state index in [9.17, 15) is 14.9 Å². The Hall–Kier alpha value is -3.20. The maximum absolute atomic E-state index is 12.5. The molecule has 126 valence electrons. The van der Waals surface area contributed by atoms with E-state index >= 15 is 0 Å². The topological polar surface area (TPSA) is 88.9 Å². The highest BCUT2D eigenvalue weighted by molar-refractivity contribution is 5.83. The predicted octanol–water partition coefficient (Wildman–Crippen LogP) is 2.50. The molecular formula is C19H17N3O3. The Labute approximate surface area is 143 Å². The van der Waals surface area contributed by atoms with Gasteiger partial charge in [0.05, 0.1) is 12.2 Å². The zero-order valence-corrected chi connectivity index (χ0v) is 14.5. The van der Waals surface area contributed by atoms with Crippen LogP contribution in [0.3, 0.4) is 0 Å². The van der Waals surface area contributed by atoms with Crippen molar-refractivity contribution in [2.45, 2.75) is 34.2 Å². The highest BCUT2D eigenvalue weighted by Crippen LogP contribution is 2.23. The van der Waals surface area contributed by atoms with Crippen LogP contribution in [0.1, 0.15) is 33.5 Å². The van der Waals surface area contributed by atoms with Gasteiger partial charge in [0.1, 0.15) is 17.2 Å². The SMILES string of the molecule is Cc1ccc2c(Cn3nc(C)c(C)c(C#N)c3=O)cc(=O)oc2c1C. The van der Waals surface area contributed by atoms with E-state index in [4.69, 9.17) is 4.42 Å². The number of nitriles is 1. The highest BCUT2D eigenvalue weighted by Gasteiger charge is 2.15. The van der Waals surface area contributed by atoms with Crippen LogP contribution in [-0.4, -0.2) is 9.78 Å². The number of hydrogen-bond donors (Lipinski definition) is 0.